The molecule has 1 heterocycles. The highest BCUT2D eigenvalue weighted by atomic mass is 19.4. The summed E-state index contributed by atoms with van der Waals surface area (Å²) in [6, 6.07) is 4.94. The minimum atomic E-state index is -4.43. The average Bonchev–Trinajstić information content (AvgIpc) is 2.62. The molecule has 1 aliphatic heterocycles. The first-order chi connectivity index (χ1) is 12.8. The molecule has 1 aromatic rings. The molecule has 0 aliphatic carbocycles. The number of halogens is 3. The zero-order valence-corrected chi connectivity index (χ0v) is 14.8. The molecule has 0 bridgehead atoms. The highest BCUT2D eigenvalue weighted by molar-refractivity contribution is 5.94. The number of carbonyl (C=O) groups excluding carboxylic acids is 2. The van der Waals surface area contributed by atoms with Crippen molar-refractivity contribution >= 4 is 17.5 Å². The Morgan fingerprint density at radius 1 is 1.22 bits per heavy atom. The zero-order chi connectivity index (χ0) is 19.9. The van der Waals surface area contributed by atoms with Gasteiger partial charge in [-0.05, 0) is 19.1 Å². The maximum Gasteiger partial charge on any atom is 0.411 e. The van der Waals surface area contributed by atoms with Crippen LogP contribution in [0.3, 0.4) is 0 Å². The second kappa shape index (κ2) is 9.45. The van der Waals surface area contributed by atoms with Crippen molar-refractivity contribution in [1.82, 2.24) is 4.90 Å². The summed E-state index contributed by atoms with van der Waals surface area (Å²) in [5.74, 6) is 0.211. The number of nitrogens with zero attached hydrogens (tertiary/aromatic N) is 1. The van der Waals surface area contributed by atoms with E-state index in [1.165, 1.54) is 4.90 Å². The number of likely N-dealkylation sites (N-methyl/N-ethyl adjacent to an activating group) is 1. The van der Waals surface area contributed by atoms with Crippen LogP contribution in [-0.4, -0.2) is 62.4 Å². The van der Waals surface area contributed by atoms with Gasteiger partial charge >= 0.3 is 6.18 Å². The Hall–Kier alpha value is -2.49. The zero-order valence-electron chi connectivity index (χ0n) is 14.8. The predicted octanol–water partition coefficient (Wildman–Crippen LogP) is 2.21. The van der Waals surface area contributed by atoms with Gasteiger partial charge in [0.1, 0.15) is 19.8 Å². The van der Waals surface area contributed by atoms with Gasteiger partial charge in [-0.1, -0.05) is 0 Å². The lowest BCUT2D eigenvalue weighted by Gasteiger charge is -2.21. The number of amides is 2. The number of nitrogens with one attached hydrogen (secondary N) is 1. The second-order valence-electron chi connectivity index (χ2n) is 5.73. The van der Waals surface area contributed by atoms with Gasteiger partial charge in [-0.2, -0.15) is 13.2 Å². The molecule has 2 rings (SSSR count). The Morgan fingerprint density at radius 3 is 2.59 bits per heavy atom. The van der Waals surface area contributed by atoms with Crippen molar-refractivity contribution in [2.24, 2.45) is 0 Å². The minimum absolute atomic E-state index is 0.219. The van der Waals surface area contributed by atoms with E-state index in [0.717, 1.165) is 0 Å². The molecule has 2 amide bonds. The molecule has 0 unspecified atom stereocenters. The van der Waals surface area contributed by atoms with Crippen molar-refractivity contribution in [3.8, 4) is 11.5 Å². The molecule has 150 valence electrons. The summed E-state index contributed by atoms with van der Waals surface area (Å²) in [5, 5.41) is 2.65. The van der Waals surface area contributed by atoms with E-state index in [-0.39, 0.29) is 26.1 Å². The number of hydrogen-bond donors (Lipinski definition) is 1. The molecule has 7 nitrogen and oxygen atoms in total. The lowest BCUT2D eigenvalue weighted by molar-refractivity contribution is -0.175. The largest absolute Gasteiger partial charge is 0.486 e. The first-order valence-corrected chi connectivity index (χ1v) is 8.40. The van der Waals surface area contributed by atoms with Crippen LogP contribution in [0.25, 0.3) is 0 Å². The Bertz CT molecular complexity index is 666. The summed E-state index contributed by atoms with van der Waals surface area (Å²) >= 11 is 0. The maximum atomic E-state index is 12.2. The highest BCUT2D eigenvalue weighted by Gasteiger charge is 2.27. The lowest BCUT2D eigenvalue weighted by atomic mass is 10.2. The molecule has 27 heavy (non-hydrogen) atoms. The average molecular weight is 390 g/mol. The lowest BCUT2D eigenvalue weighted by Crippen LogP contribution is -2.38. The van der Waals surface area contributed by atoms with E-state index in [9.17, 15) is 22.8 Å². The molecule has 0 saturated heterocycles. The number of benzene rings is 1. The third-order valence-corrected chi connectivity index (χ3v) is 3.62. The number of hydrogen-bond acceptors (Lipinski definition) is 5. The van der Waals surface area contributed by atoms with Crippen molar-refractivity contribution in [3.63, 3.8) is 0 Å². The van der Waals surface area contributed by atoms with E-state index >= 15 is 0 Å². The summed E-state index contributed by atoms with van der Waals surface area (Å²) in [6.45, 7) is 0.801. The molecule has 1 aromatic carbocycles. The van der Waals surface area contributed by atoms with E-state index in [4.69, 9.17) is 9.47 Å². The Labute approximate surface area is 154 Å². The minimum Gasteiger partial charge on any atom is -0.486 e. The first-order valence-electron chi connectivity index (χ1n) is 8.40. The van der Waals surface area contributed by atoms with E-state index in [0.29, 0.717) is 30.4 Å². The van der Waals surface area contributed by atoms with E-state index < -0.39 is 24.6 Å². The van der Waals surface area contributed by atoms with E-state index in [1.54, 1.807) is 25.1 Å². The fraction of sp³-hybridized carbons (Fsp3) is 0.529. The number of carbonyl (C=O) groups is 2. The van der Waals surface area contributed by atoms with Crippen LogP contribution in [-0.2, 0) is 14.3 Å². The van der Waals surface area contributed by atoms with Crippen molar-refractivity contribution in [2.75, 3.05) is 44.8 Å². The van der Waals surface area contributed by atoms with Gasteiger partial charge in [0.25, 0.3) is 0 Å². The second-order valence-corrected chi connectivity index (χ2v) is 5.73. The van der Waals surface area contributed by atoms with Crippen LogP contribution < -0.4 is 14.8 Å². The Morgan fingerprint density at radius 2 is 1.93 bits per heavy atom. The molecule has 1 aliphatic rings. The molecule has 0 saturated carbocycles. The first kappa shape index (κ1) is 20.8. The van der Waals surface area contributed by atoms with Crippen LogP contribution in [0.1, 0.15) is 13.3 Å². The van der Waals surface area contributed by atoms with Crippen LogP contribution in [0.4, 0.5) is 18.9 Å². The fourth-order valence-electron chi connectivity index (χ4n) is 2.38. The van der Waals surface area contributed by atoms with Gasteiger partial charge in [-0.3, -0.25) is 9.59 Å². The van der Waals surface area contributed by atoms with Gasteiger partial charge in [0.05, 0.1) is 19.6 Å². The van der Waals surface area contributed by atoms with E-state index in [2.05, 4.69) is 10.1 Å². The summed E-state index contributed by atoms with van der Waals surface area (Å²) in [5.41, 5.74) is 0.487. The van der Waals surface area contributed by atoms with Crippen molar-refractivity contribution in [3.05, 3.63) is 18.2 Å². The van der Waals surface area contributed by atoms with Crippen molar-refractivity contribution < 1.29 is 37.0 Å². The van der Waals surface area contributed by atoms with Crippen LogP contribution in [0.2, 0.25) is 0 Å². The number of rotatable bonds is 8. The third kappa shape index (κ3) is 6.97. The predicted molar refractivity (Wildman–Crippen MR) is 89.8 cm³/mol. The van der Waals surface area contributed by atoms with Gasteiger partial charge < -0.3 is 24.4 Å². The third-order valence-electron chi connectivity index (χ3n) is 3.62. The van der Waals surface area contributed by atoms with Crippen LogP contribution in [0.5, 0.6) is 11.5 Å². The van der Waals surface area contributed by atoms with Gasteiger partial charge in [0.2, 0.25) is 11.8 Å². The van der Waals surface area contributed by atoms with E-state index in [1.807, 2.05) is 0 Å². The molecule has 0 radical (unpaired) electrons. The quantitative estimate of drug-likeness (QED) is 0.689. The van der Waals surface area contributed by atoms with Gasteiger partial charge in [-0.25, -0.2) is 0 Å². The fourth-order valence-corrected chi connectivity index (χ4v) is 2.38. The normalized spacial score (nSPS) is 13.2. The molecule has 0 fully saturated rings. The number of anilines is 1. The number of alkyl halides is 3. The summed E-state index contributed by atoms with van der Waals surface area (Å²) in [6.07, 6.45) is -4.67. The van der Waals surface area contributed by atoms with Crippen LogP contribution >= 0.6 is 0 Å². The van der Waals surface area contributed by atoms with Crippen molar-refractivity contribution in [1.29, 1.82) is 0 Å². The molecule has 0 atom stereocenters. The van der Waals surface area contributed by atoms with Crippen LogP contribution in [0.15, 0.2) is 18.2 Å². The number of fused-ring (bicyclic) bond motifs is 1. The maximum absolute atomic E-state index is 12.2. The standard InChI is InChI=1S/C17H21F3N2O5/c1-2-22(16(24)5-6-25-11-17(18,19)20)10-15(23)21-12-3-4-13-14(9-12)27-8-7-26-13/h3-4,9H,2,5-8,10-11H2,1H3,(H,21,23). The molecular formula is C17H21F3N2O5. The molecule has 1 N–H and O–H groups in total. The molecular weight excluding hydrogens is 369 g/mol. The summed E-state index contributed by atoms with van der Waals surface area (Å²) < 4.78 is 51.2. The van der Waals surface area contributed by atoms with Crippen molar-refractivity contribution in [2.45, 2.75) is 19.5 Å². The molecule has 0 spiro atoms. The van der Waals surface area contributed by atoms with Gasteiger partial charge in [0.15, 0.2) is 11.5 Å². The summed E-state index contributed by atoms with van der Waals surface area (Å²) in [7, 11) is 0. The molecule has 10 heteroatoms. The number of ether oxygens (including phenoxy) is 3. The Balaban J connectivity index is 1.81. The van der Waals surface area contributed by atoms with Crippen LogP contribution in [0, 0.1) is 0 Å². The SMILES string of the molecule is CCN(CC(=O)Nc1ccc2c(c1)OCCO2)C(=O)CCOCC(F)(F)F. The van der Waals surface area contributed by atoms with Gasteiger partial charge in [-0.15, -0.1) is 0 Å². The summed E-state index contributed by atoms with van der Waals surface area (Å²) in [4.78, 5) is 25.4. The monoisotopic (exact) mass is 390 g/mol. The smallest absolute Gasteiger partial charge is 0.411 e. The Kier molecular flexibility index (Phi) is 7.28. The topological polar surface area (TPSA) is 77.1 Å². The van der Waals surface area contributed by atoms with Gasteiger partial charge in [0, 0.05) is 18.3 Å². The highest BCUT2D eigenvalue weighted by Crippen LogP contribution is 2.32. The molecule has 0 aromatic heterocycles.